The largest absolute Gasteiger partial charge is 0.385 e. The average molecular weight is 252 g/mol. The fourth-order valence-corrected chi connectivity index (χ4v) is 1.99. The summed E-state index contributed by atoms with van der Waals surface area (Å²) in [6, 6.07) is 17.3. The van der Waals surface area contributed by atoms with Gasteiger partial charge in [0.05, 0.1) is 5.69 Å². The molecule has 0 saturated carbocycles. The molecular formula is C15H12N2O2. The summed E-state index contributed by atoms with van der Waals surface area (Å²) in [5.74, 6) is -0.205. The van der Waals surface area contributed by atoms with Crippen molar-refractivity contribution in [1.82, 2.24) is 0 Å². The molecule has 0 saturated heterocycles. The number of para-hydroxylation sites is 1. The maximum absolute atomic E-state index is 11.5. The highest BCUT2D eigenvalue weighted by Gasteiger charge is 2.16. The summed E-state index contributed by atoms with van der Waals surface area (Å²) in [6.07, 6.45) is 0. The number of hydrogen-bond acceptors (Lipinski definition) is 3. The van der Waals surface area contributed by atoms with Gasteiger partial charge in [0.2, 0.25) is 0 Å². The molecule has 0 aromatic heterocycles. The third kappa shape index (κ3) is 2.33. The second-order valence-electron chi connectivity index (χ2n) is 4.17. The predicted octanol–water partition coefficient (Wildman–Crippen LogP) is 2.41. The molecule has 4 nitrogen and oxygen atoms in total. The van der Waals surface area contributed by atoms with Crippen LogP contribution in [0.5, 0.6) is 0 Å². The number of benzene rings is 2. The van der Waals surface area contributed by atoms with Crippen LogP contribution in [-0.2, 0) is 9.63 Å². The van der Waals surface area contributed by atoms with Crippen molar-refractivity contribution in [2.75, 3.05) is 11.9 Å². The highest BCUT2D eigenvalue weighted by atomic mass is 16.6. The quantitative estimate of drug-likeness (QED) is 0.847. The van der Waals surface area contributed by atoms with E-state index in [1.165, 1.54) is 0 Å². The molecule has 1 N–H and O–H groups in total. The molecule has 0 spiro atoms. The van der Waals surface area contributed by atoms with E-state index in [0.29, 0.717) is 0 Å². The van der Waals surface area contributed by atoms with Crippen LogP contribution in [-0.4, -0.2) is 18.2 Å². The van der Waals surface area contributed by atoms with E-state index in [-0.39, 0.29) is 12.5 Å². The van der Waals surface area contributed by atoms with E-state index in [1.807, 2.05) is 54.6 Å². The van der Waals surface area contributed by atoms with Gasteiger partial charge in [-0.05, 0) is 6.07 Å². The molecule has 1 amide bonds. The minimum Gasteiger partial charge on any atom is -0.385 e. The van der Waals surface area contributed by atoms with Gasteiger partial charge in [0.25, 0.3) is 5.91 Å². The molecule has 19 heavy (non-hydrogen) atoms. The Labute approximate surface area is 110 Å². The molecule has 0 radical (unpaired) electrons. The molecular weight excluding hydrogens is 240 g/mol. The Morgan fingerprint density at radius 3 is 2.58 bits per heavy atom. The lowest BCUT2D eigenvalue weighted by atomic mass is 10.0. The topological polar surface area (TPSA) is 50.7 Å². The number of anilines is 1. The second kappa shape index (κ2) is 4.94. The van der Waals surface area contributed by atoms with Gasteiger partial charge in [0.1, 0.15) is 5.71 Å². The van der Waals surface area contributed by atoms with Gasteiger partial charge in [-0.25, -0.2) is 0 Å². The summed E-state index contributed by atoms with van der Waals surface area (Å²) in [5, 5.41) is 6.92. The maximum Gasteiger partial charge on any atom is 0.265 e. The molecule has 2 aromatic carbocycles. The Bertz CT molecular complexity index is 636. The van der Waals surface area contributed by atoms with Gasteiger partial charge >= 0.3 is 0 Å². The van der Waals surface area contributed by atoms with Gasteiger partial charge in [0, 0.05) is 11.1 Å². The normalized spacial score (nSPS) is 14.3. The van der Waals surface area contributed by atoms with E-state index in [1.54, 1.807) is 0 Å². The summed E-state index contributed by atoms with van der Waals surface area (Å²) >= 11 is 0. The van der Waals surface area contributed by atoms with Gasteiger partial charge in [-0.1, -0.05) is 53.7 Å². The van der Waals surface area contributed by atoms with Crippen molar-refractivity contribution < 1.29 is 9.63 Å². The van der Waals surface area contributed by atoms with Crippen LogP contribution in [0.3, 0.4) is 0 Å². The lowest BCUT2D eigenvalue weighted by Crippen LogP contribution is -2.22. The summed E-state index contributed by atoms with van der Waals surface area (Å²) in [7, 11) is 0. The third-order valence-corrected chi connectivity index (χ3v) is 2.85. The zero-order chi connectivity index (χ0) is 13.1. The van der Waals surface area contributed by atoms with Gasteiger partial charge in [-0.15, -0.1) is 0 Å². The smallest absolute Gasteiger partial charge is 0.265 e. The summed E-state index contributed by atoms with van der Waals surface area (Å²) in [5.41, 5.74) is 3.27. The predicted molar refractivity (Wildman–Crippen MR) is 73.1 cm³/mol. The van der Waals surface area contributed by atoms with Crippen molar-refractivity contribution in [2.45, 2.75) is 0 Å². The standard InChI is InChI=1S/C15H12N2O2/c18-14-10-19-17-15(11-6-2-1-3-7-11)12-8-4-5-9-13(12)16-14/h1-9H,10H2,(H,16,18). The monoisotopic (exact) mass is 252 g/mol. The van der Waals surface area contributed by atoms with Gasteiger partial charge in [-0.3, -0.25) is 4.79 Å². The Hall–Kier alpha value is -2.62. The average Bonchev–Trinajstić information content (AvgIpc) is 2.43. The van der Waals surface area contributed by atoms with Crippen LogP contribution in [0.4, 0.5) is 5.69 Å². The van der Waals surface area contributed by atoms with E-state index in [0.717, 1.165) is 22.5 Å². The van der Waals surface area contributed by atoms with E-state index >= 15 is 0 Å². The molecule has 0 bridgehead atoms. The van der Waals surface area contributed by atoms with Crippen molar-refractivity contribution in [1.29, 1.82) is 0 Å². The SMILES string of the molecule is O=C1CON=C(c2ccccc2)c2ccccc2N1. The minimum atomic E-state index is -0.205. The zero-order valence-corrected chi connectivity index (χ0v) is 10.2. The lowest BCUT2D eigenvalue weighted by molar-refractivity contribution is -0.120. The summed E-state index contributed by atoms with van der Waals surface area (Å²) < 4.78 is 0. The molecule has 0 fully saturated rings. The fourth-order valence-electron chi connectivity index (χ4n) is 1.99. The molecule has 1 heterocycles. The molecule has 1 aliphatic heterocycles. The molecule has 94 valence electrons. The Morgan fingerprint density at radius 2 is 1.74 bits per heavy atom. The molecule has 3 rings (SSSR count). The van der Waals surface area contributed by atoms with Crippen LogP contribution >= 0.6 is 0 Å². The van der Waals surface area contributed by atoms with E-state index in [2.05, 4.69) is 10.5 Å². The molecule has 4 heteroatoms. The zero-order valence-electron chi connectivity index (χ0n) is 10.2. The van der Waals surface area contributed by atoms with Crippen LogP contribution in [0.25, 0.3) is 0 Å². The fraction of sp³-hybridized carbons (Fsp3) is 0.0667. The maximum atomic E-state index is 11.5. The Morgan fingerprint density at radius 1 is 1.00 bits per heavy atom. The van der Waals surface area contributed by atoms with Crippen LogP contribution in [0.15, 0.2) is 59.8 Å². The highest BCUT2D eigenvalue weighted by molar-refractivity contribution is 6.17. The van der Waals surface area contributed by atoms with E-state index < -0.39 is 0 Å². The second-order valence-corrected chi connectivity index (χ2v) is 4.17. The first-order valence-corrected chi connectivity index (χ1v) is 5.99. The van der Waals surface area contributed by atoms with Crippen LogP contribution in [0, 0.1) is 0 Å². The lowest BCUT2D eigenvalue weighted by Gasteiger charge is -2.15. The number of amides is 1. The minimum absolute atomic E-state index is 0.0787. The number of hydrogen-bond donors (Lipinski definition) is 1. The first kappa shape index (κ1) is 11.5. The van der Waals surface area contributed by atoms with Crippen molar-refractivity contribution in [3.8, 4) is 0 Å². The van der Waals surface area contributed by atoms with Crippen LogP contribution in [0.1, 0.15) is 11.1 Å². The van der Waals surface area contributed by atoms with Gasteiger partial charge < -0.3 is 10.2 Å². The molecule has 0 atom stereocenters. The molecule has 2 aromatic rings. The summed E-state index contributed by atoms with van der Waals surface area (Å²) in [6.45, 7) is -0.0787. The van der Waals surface area contributed by atoms with E-state index in [4.69, 9.17) is 4.84 Å². The Balaban J connectivity index is 2.14. The molecule has 1 aliphatic rings. The number of nitrogens with one attached hydrogen (secondary N) is 1. The number of nitrogens with zero attached hydrogens (tertiary/aromatic N) is 1. The molecule has 0 aliphatic carbocycles. The number of carbonyl (C=O) groups is 1. The van der Waals surface area contributed by atoms with Crippen LogP contribution < -0.4 is 5.32 Å². The number of rotatable bonds is 1. The van der Waals surface area contributed by atoms with Crippen molar-refractivity contribution in [2.24, 2.45) is 5.16 Å². The van der Waals surface area contributed by atoms with Crippen molar-refractivity contribution >= 4 is 17.3 Å². The first-order valence-electron chi connectivity index (χ1n) is 5.99. The first-order chi connectivity index (χ1) is 9.34. The van der Waals surface area contributed by atoms with E-state index in [9.17, 15) is 4.79 Å². The summed E-state index contributed by atoms with van der Waals surface area (Å²) in [4.78, 5) is 16.6. The van der Waals surface area contributed by atoms with Crippen molar-refractivity contribution in [3.63, 3.8) is 0 Å². The Kier molecular flexibility index (Phi) is 2.98. The van der Waals surface area contributed by atoms with Crippen molar-refractivity contribution in [3.05, 3.63) is 65.7 Å². The number of fused-ring (bicyclic) bond motifs is 1. The van der Waals surface area contributed by atoms with Crippen LogP contribution in [0.2, 0.25) is 0 Å². The number of oxime groups is 1. The van der Waals surface area contributed by atoms with Gasteiger partial charge in [-0.2, -0.15) is 0 Å². The molecule has 0 unspecified atom stereocenters. The third-order valence-electron chi connectivity index (χ3n) is 2.85. The van der Waals surface area contributed by atoms with Gasteiger partial charge in [0.15, 0.2) is 6.61 Å². The highest BCUT2D eigenvalue weighted by Crippen LogP contribution is 2.21. The number of carbonyl (C=O) groups excluding carboxylic acids is 1.